The number of amides is 1. The van der Waals surface area contributed by atoms with Gasteiger partial charge in [0.25, 0.3) is 5.91 Å². The van der Waals surface area contributed by atoms with E-state index in [4.69, 9.17) is 11.6 Å². The first-order valence-corrected chi connectivity index (χ1v) is 7.77. The van der Waals surface area contributed by atoms with E-state index in [1.165, 1.54) is 12.3 Å². The average molecular weight is 316 g/mol. The Bertz CT molecular complexity index is 978. The van der Waals surface area contributed by atoms with Gasteiger partial charge in [0.05, 0.1) is 5.52 Å². The van der Waals surface area contributed by atoms with Crippen molar-refractivity contribution in [1.29, 1.82) is 0 Å². The minimum atomic E-state index is -4.03. The number of benzene rings is 1. The maximum absolute atomic E-state index is 12.8. The fourth-order valence-electron chi connectivity index (χ4n) is 2.35. The zero-order chi connectivity index (χ0) is 15.9. The lowest BCUT2D eigenvalue weighted by atomic mass is 10.2. The highest BCUT2D eigenvalue weighted by atomic mass is 32.2. The van der Waals surface area contributed by atoms with Crippen molar-refractivity contribution in [3.8, 4) is 0 Å². The second-order valence-corrected chi connectivity index (χ2v) is 6.43. The average Bonchev–Trinajstić information content (AvgIpc) is 2.82. The second-order valence-electron chi connectivity index (χ2n) is 4.60. The van der Waals surface area contributed by atoms with E-state index >= 15 is 0 Å². The molecule has 3 aromatic rings. The van der Waals surface area contributed by atoms with Crippen LogP contribution >= 0.6 is 0 Å². The Hall–Kier alpha value is -2.87. The molecule has 112 valence electrons. The van der Waals surface area contributed by atoms with E-state index in [1.807, 2.05) is 0 Å². The number of nitrogen functional groups attached to an aromatic ring is 1. The van der Waals surface area contributed by atoms with Gasteiger partial charge in [-0.2, -0.15) is 0 Å². The molecule has 4 N–H and O–H groups in total. The van der Waals surface area contributed by atoms with Crippen LogP contribution in [-0.4, -0.2) is 24.0 Å². The van der Waals surface area contributed by atoms with Gasteiger partial charge < -0.3 is 11.6 Å². The number of para-hydroxylation sites is 1. The number of rotatable bonds is 3. The molecule has 1 amide bonds. The number of hydrogen-bond donors (Lipinski definition) is 2. The molecule has 0 saturated heterocycles. The molecule has 0 saturated carbocycles. The van der Waals surface area contributed by atoms with Crippen molar-refractivity contribution >= 4 is 26.6 Å². The zero-order valence-electron chi connectivity index (χ0n) is 11.3. The molecule has 0 fully saturated rings. The number of nitrogens with zero attached hydrogens (tertiary/aromatic N) is 2. The molecule has 8 heteroatoms. The SMILES string of the molecule is NC(=O)c1c(S(=O)(=O)c2ccccn2)c2ccccc2n1N. The maximum Gasteiger partial charge on any atom is 0.268 e. The summed E-state index contributed by atoms with van der Waals surface area (Å²) in [4.78, 5) is 15.4. The summed E-state index contributed by atoms with van der Waals surface area (Å²) in [5.74, 6) is 4.92. The maximum atomic E-state index is 12.8. The number of carbonyl (C=O) groups excluding carboxylic acids is 1. The predicted molar refractivity (Wildman–Crippen MR) is 80.3 cm³/mol. The number of nitrogens with two attached hydrogens (primary N) is 2. The summed E-state index contributed by atoms with van der Waals surface area (Å²) >= 11 is 0. The molecule has 2 heterocycles. The summed E-state index contributed by atoms with van der Waals surface area (Å²) in [6, 6.07) is 11.0. The Morgan fingerprint density at radius 2 is 1.77 bits per heavy atom. The van der Waals surface area contributed by atoms with Gasteiger partial charge in [0.2, 0.25) is 9.84 Å². The fourth-order valence-corrected chi connectivity index (χ4v) is 3.93. The van der Waals surface area contributed by atoms with Crippen molar-refractivity contribution in [2.75, 3.05) is 5.84 Å². The third-order valence-electron chi connectivity index (χ3n) is 3.28. The van der Waals surface area contributed by atoms with Gasteiger partial charge in [-0.25, -0.2) is 13.4 Å². The van der Waals surface area contributed by atoms with Crippen LogP contribution in [0, 0.1) is 0 Å². The monoisotopic (exact) mass is 316 g/mol. The van der Waals surface area contributed by atoms with E-state index in [2.05, 4.69) is 4.98 Å². The van der Waals surface area contributed by atoms with Gasteiger partial charge in [0.15, 0.2) is 5.03 Å². The molecule has 22 heavy (non-hydrogen) atoms. The summed E-state index contributed by atoms with van der Waals surface area (Å²) in [5, 5.41) is 0.151. The van der Waals surface area contributed by atoms with Gasteiger partial charge in [-0.05, 0) is 18.2 Å². The van der Waals surface area contributed by atoms with Crippen molar-refractivity contribution in [2.24, 2.45) is 5.73 Å². The summed E-state index contributed by atoms with van der Waals surface area (Å²) in [6.45, 7) is 0. The largest absolute Gasteiger partial charge is 0.364 e. The van der Waals surface area contributed by atoms with Crippen molar-refractivity contribution < 1.29 is 13.2 Å². The van der Waals surface area contributed by atoms with E-state index in [1.54, 1.807) is 36.4 Å². The van der Waals surface area contributed by atoms with Crippen LogP contribution in [0.3, 0.4) is 0 Å². The van der Waals surface area contributed by atoms with Crippen LogP contribution in [0.4, 0.5) is 0 Å². The lowest BCUT2D eigenvalue weighted by Gasteiger charge is -2.05. The highest BCUT2D eigenvalue weighted by molar-refractivity contribution is 7.91. The van der Waals surface area contributed by atoms with Gasteiger partial charge >= 0.3 is 0 Å². The standard InChI is InChI=1S/C14H12N4O3S/c15-14(19)12-13(9-5-1-2-6-10(9)18(12)16)22(20,21)11-7-3-4-8-17-11/h1-8H,16H2,(H2,15,19). The lowest BCUT2D eigenvalue weighted by molar-refractivity contribution is 0.0990. The molecule has 0 unspecified atom stereocenters. The second kappa shape index (κ2) is 4.85. The number of pyridine rings is 1. The third-order valence-corrected chi connectivity index (χ3v) is 5.02. The third kappa shape index (κ3) is 1.92. The van der Waals surface area contributed by atoms with E-state index in [-0.39, 0.29) is 15.6 Å². The predicted octanol–water partition coefficient (Wildman–Crippen LogP) is 0.682. The number of sulfone groups is 1. The first-order valence-electron chi connectivity index (χ1n) is 6.29. The summed E-state index contributed by atoms with van der Waals surface area (Å²) in [5.41, 5.74) is 5.45. The molecule has 0 aliphatic rings. The molecule has 0 atom stereocenters. The molecule has 0 spiro atoms. The Kier molecular flexibility index (Phi) is 3.10. The molecule has 2 aromatic heterocycles. The van der Waals surface area contributed by atoms with Gasteiger partial charge in [-0.1, -0.05) is 24.3 Å². The Morgan fingerprint density at radius 1 is 1.09 bits per heavy atom. The molecule has 3 rings (SSSR count). The first-order chi connectivity index (χ1) is 10.4. The van der Waals surface area contributed by atoms with Gasteiger partial charge in [0.1, 0.15) is 10.6 Å². The number of carbonyl (C=O) groups is 1. The van der Waals surface area contributed by atoms with Crippen molar-refractivity contribution in [3.63, 3.8) is 0 Å². The molecule has 0 aliphatic heterocycles. The van der Waals surface area contributed by atoms with Gasteiger partial charge in [0, 0.05) is 11.6 Å². The molecular weight excluding hydrogens is 304 g/mol. The van der Waals surface area contributed by atoms with E-state index in [9.17, 15) is 13.2 Å². The summed E-state index contributed by atoms with van der Waals surface area (Å²) in [6.07, 6.45) is 1.36. The zero-order valence-corrected chi connectivity index (χ0v) is 12.1. The smallest absolute Gasteiger partial charge is 0.268 e. The lowest BCUT2D eigenvalue weighted by Crippen LogP contribution is -2.24. The van der Waals surface area contributed by atoms with Crippen LogP contribution in [0.1, 0.15) is 10.5 Å². The number of hydrogen-bond acceptors (Lipinski definition) is 5. The molecular formula is C14H12N4O3S. The van der Waals surface area contributed by atoms with Crippen molar-refractivity contribution in [3.05, 3.63) is 54.4 Å². The van der Waals surface area contributed by atoms with Crippen LogP contribution < -0.4 is 11.6 Å². The normalized spacial score (nSPS) is 11.6. The molecule has 1 aromatic carbocycles. The number of primary amides is 1. The van der Waals surface area contributed by atoms with Crippen LogP contribution in [0.5, 0.6) is 0 Å². The molecule has 0 radical (unpaired) electrons. The highest BCUT2D eigenvalue weighted by Gasteiger charge is 2.31. The number of aromatic nitrogens is 2. The number of fused-ring (bicyclic) bond motifs is 1. The fraction of sp³-hybridized carbons (Fsp3) is 0. The molecule has 0 bridgehead atoms. The van der Waals surface area contributed by atoms with Crippen LogP contribution in [0.2, 0.25) is 0 Å². The Morgan fingerprint density at radius 3 is 2.41 bits per heavy atom. The van der Waals surface area contributed by atoms with Crippen LogP contribution in [0.25, 0.3) is 10.9 Å². The van der Waals surface area contributed by atoms with Crippen molar-refractivity contribution in [2.45, 2.75) is 9.92 Å². The van der Waals surface area contributed by atoms with Gasteiger partial charge in [-0.15, -0.1) is 0 Å². The minimum Gasteiger partial charge on any atom is -0.364 e. The molecule has 0 aliphatic carbocycles. The van der Waals surface area contributed by atoms with E-state index in [0.29, 0.717) is 10.9 Å². The van der Waals surface area contributed by atoms with Gasteiger partial charge in [-0.3, -0.25) is 9.47 Å². The topological polar surface area (TPSA) is 121 Å². The first kappa shape index (κ1) is 14.1. The highest BCUT2D eigenvalue weighted by Crippen LogP contribution is 2.32. The minimum absolute atomic E-state index is 0.172. The van der Waals surface area contributed by atoms with E-state index in [0.717, 1.165) is 4.68 Å². The quantitative estimate of drug-likeness (QED) is 0.688. The molecule has 7 nitrogen and oxygen atoms in total. The van der Waals surface area contributed by atoms with Crippen LogP contribution in [0.15, 0.2) is 58.6 Å². The van der Waals surface area contributed by atoms with E-state index < -0.39 is 15.7 Å². The van der Waals surface area contributed by atoms with Crippen LogP contribution in [-0.2, 0) is 9.84 Å². The summed E-state index contributed by atoms with van der Waals surface area (Å²) in [7, 11) is -4.03. The summed E-state index contributed by atoms with van der Waals surface area (Å²) < 4.78 is 26.7. The Balaban J connectivity index is 2.45. The Labute approximate surface area is 126 Å². The van der Waals surface area contributed by atoms with Crippen molar-refractivity contribution in [1.82, 2.24) is 9.66 Å².